The molecule has 0 amide bonds. The highest BCUT2D eigenvalue weighted by Gasteiger charge is 2.20. The average molecular weight is 231 g/mol. The molecule has 1 N–H and O–H groups in total. The van der Waals surface area contributed by atoms with E-state index in [0.29, 0.717) is 5.57 Å². The molecule has 1 aromatic carbocycles. The van der Waals surface area contributed by atoms with Crippen LogP contribution in [0.4, 0.5) is 0 Å². The fraction of sp³-hybridized carbons (Fsp3) is 0.357. The maximum atomic E-state index is 10.9. The van der Waals surface area contributed by atoms with Crippen molar-refractivity contribution in [1.82, 2.24) is 4.90 Å². The second-order valence-electron chi connectivity index (χ2n) is 4.48. The van der Waals surface area contributed by atoms with Gasteiger partial charge in [0.05, 0.1) is 0 Å². The van der Waals surface area contributed by atoms with Gasteiger partial charge in [0.1, 0.15) is 0 Å². The van der Waals surface area contributed by atoms with Crippen molar-refractivity contribution in [2.75, 3.05) is 13.1 Å². The number of carboxylic acid groups (broad SMARTS) is 1. The van der Waals surface area contributed by atoms with Gasteiger partial charge < -0.3 is 5.11 Å². The number of benzene rings is 1. The average Bonchev–Trinajstić information content (AvgIpc) is 2.77. The first-order chi connectivity index (χ1) is 8.16. The highest BCUT2D eigenvalue weighted by Crippen LogP contribution is 2.20. The Labute approximate surface area is 101 Å². The van der Waals surface area contributed by atoms with Crippen LogP contribution in [-0.2, 0) is 11.3 Å². The van der Waals surface area contributed by atoms with E-state index in [1.165, 1.54) is 5.56 Å². The summed E-state index contributed by atoms with van der Waals surface area (Å²) in [6.07, 6.45) is 0.880. The molecule has 1 saturated heterocycles. The van der Waals surface area contributed by atoms with E-state index >= 15 is 0 Å². The number of nitrogens with zero attached hydrogens (tertiary/aromatic N) is 1. The van der Waals surface area contributed by atoms with Crippen LogP contribution in [0.3, 0.4) is 0 Å². The van der Waals surface area contributed by atoms with E-state index < -0.39 is 5.97 Å². The van der Waals surface area contributed by atoms with Gasteiger partial charge in [-0.2, -0.15) is 0 Å². The molecule has 0 saturated carbocycles. The van der Waals surface area contributed by atoms with Crippen LogP contribution in [0, 0.1) is 0 Å². The molecule has 2 rings (SSSR count). The summed E-state index contributed by atoms with van der Waals surface area (Å²) in [5.74, 6) is -0.790. The molecule has 0 bridgehead atoms. The van der Waals surface area contributed by atoms with Crippen molar-refractivity contribution < 1.29 is 9.90 Å². The van der Waals surface area contributed by atoms with Gasteiger partial charge in [-0.3, -0.25) is 4.90 Å². The lowest BCUT2D eigenvalue weighted by molar-refractivity contribution is -0.132. The standard InChI is InChI=1S/C14H17NO2/c1-11(14(16)17)13-7-8-15(10-13)9-12-5-3-2-4-6-12/h2-6H,7-10H2,1H3,(H,16,17)/b13-11+. The lowest BCUT2D eigenvalue weighted by Crippen LogP contribution is -2.19. The summed E-state index contributed by atoms with van der Waals surface area (Å²) in [6, 6.07) is 10.3. The van der Waals surface area contributed by atoms with Gasteiger partial charge in [-0.05, 0) is 24.5 Å². The van der Waals surface area contributed by atoms with Gasteiger partial charge in [0.25, 0.3) is 0 Å². The van der Waals surface area contributed by atoms with Gasteiger partial charge in [-0.15, -0.1) is 0 Å². The first kappa shape index (κ1) is 11.9. The Morgan fingerprint density at radius 1 is 1.35 bits per heavy atom. The van der Waals surface area contributed by atoms with Gasteiger partial charge in [-0.1, -0.05) is 30.3 Å². The number of hydrogen-bond donors (Lipinski definition) is 1. The molecule has 1 aromatic rings. The maximum absolute atomic E-state index is 10.9. The van der Waals surface area contributed by atoms with Crippen molar-refractivity contribution in [1.29, 1.82) is 0 Å². The van der Waals surface area contributed by atoms with Gasteiger partial charge >= 0.3 is 5.97 Å². The van der Waals surface area contributed by atoms with Crippen LogP contribution in [0.5, 0.6) is 0 Å². The predicted molar refractivity (Wildman–Crippen MR) is 66.7 cm³/mol. The van der Waals surface area contributed by atoms with E-state index in [0.717, 1.165) is 31.6 Å². The summed E-state index contributed by atoms with van der Waals surface area (Å²) in [5.41, 5.74) is 2.86. The van der Waals surface area contributed by atoms with Crippen LogP contribution in [-0.4, -0.2) is 29.1 Å². The largest absolute Gasteiger partial charge is 0.478 e. The van der Waals surface area contributed by atoms with E-state index in [2.05, 4.69) is 17.0 Å². The minimum Gasteiger partial charge on any atom is -0.478 e. The fourth-order valence-corrected chi connectivity index (χ4v) is 2.15. The molecule has 90 valence electrons. The summed E-state index contributed by atoms with van der Waals surface area (Å²) in [6.45, 7) is 4.34. The van der Waals surface area contributed by atoms with Crippen LogP contribution in [0.25, 0.3) is 0 Å². The zero-order valence-corrected chi connectivity index (χ0v) is 10.0. The van der Waals surface area contributed by atoms with E-state index in [-0.39, 0.29) is 0 Å². The highest BCUT2D eigenvalue weighted by atomic mass is 16.4. The molecule has 17 heavy (non-hydrogen) atoms. The van der Waals surface area contributed by atoms with Crippen LogP contribution in [0.1, 0.15) is 18.9 Å². The molecule has 0 unspecified atom stereocenters. The Morgan fingerprint density at radius 2 is 2.06 bits per heavy atom. The summed E-state index contributed by atoms with van der Waals surface area (Å²) in [4.78, 5) is 13.2. The van der Waals surface area contributed by atoms with E-state index in [9.17, 15) is 4.79 Å². The van der Waals surface area contributed by atoms with Crippen LogP contribution >= 0.6 is 0 Å². The molecule has 0 aromatic heterocycles. The molecule has 0 atom stereocenters. The van der Waals surface area contributed by atoms with Gasteiger partial charge in [0.15, 0.2) is 0 Å². The molecule has 1 aliphatic heterocycles. The molecule has 1 fully saturated rings. The summed E-state index contributed by atoms with van der Waals surface area (Å²) < 4.78 is 0. The minimum absolute atomic E-state index is 0.514. The highest BCUT2D eigenvalue weighted by molar-refractivity contribution is 5.87. The summed E-state index contributed by atoms with van der Waals surface area (Å²) >= 11 is 0. The second-order valence-corrected chi connectivity index (χ2v) is 4.48. The summed E-state index contributed by atoms with van der Waals surface area (Å²) in [5, 5.41) is 8.94. The Bertz CT molecular complexity index is 437. The normalized spacial score (nSPS) is 19.4. The van der Waals surface area contributed by atoms with E-state index in [1.807, 2.05) is 18.2 Å². The molecule has 1 heterocycles. The predicted octanol–water partition coefficient (Wildman–Crippen LogP) is 2.29. The zero-order valence-electron chi connectivity index (χ0n) is 10.0. The topological polar surface area (TPSA) is 40.5 Å². The second kappa shape index (κ2) is 5.15. The van der Waals surface area contributed by atoms with Crippen molar-refractivity contribution >= 4 is 5.97 Å². The smallest absolute Gasteiger partial charge is 0.331 e. The Kier molecular flexibility index (Phi) is 3.59. The quantitative estimate of drug-likeness (QED) is 0.811. The third-order valence-electron chi connectivity index (χ3n) is 3.24. The first-order valence-corrected chi connectivity index (χ1v) is 5.85. The van der Waals surface area contributed by atoms with E-state index in [1.54, 1.807) is 6.92 Å². The number of carboxylic acids is 1. The monoisotopic (exact) mass is 231 g/mol. The third kappa shape index (κ3) is 2.94. The molecule has 0 spiro atoms. The number of likely N-dealkylation sites (tertiary alicyclic amines) is 1. The fourth-order valence-electron chi connectivity index (χ4n) is 2.15. The van der Waals surface area contributed by atoms with Gasteiger partial charge in [0, 0.05) is 25.2 Å². The molecular formula is C14H17NO2. The van der Waals surface area contributed by atoms with Crippen molar-refractivity contribution in [3.8, 4) is 0 Å². The maximum Gasteiger partial charge on any atom is 0.331 e. The van der Waals surface area contributed by atoms with E-state index in [4.69, 9.17) is 5.11 Å². The molecule has 0 aliphatic carbocycles. The van der Waals surface area contributed by atoms with Crippen LogP contribution in [0.15, 0.2) is 41.5 Å². The van der Waals surface area contributed by atoms with Crippen molar-refractivity contribution in [3.05, 3.63) is 47.0 Å². The van der Waals surface area contributed by atoms with Crippen molar-refractivity contribution in [2.24, 2.45) is 0 Å². The summed E-state index contributed by atoms with van der Waals surface area (Å²) in [7, 11) is 0. The zero-order chi connectivity index (χ0) is 12.3. The number of aliphatic carboxylic acids is 1. The molecule has 1 aliphatic rings. The Morgan fingerprint density at radius 3 is 2.71 bits per heavy atom. The van der Waals surface area contributed by atoms with Gasteiger partial charge in [-0.25, -0.2) is 4.79 Å². The lowest BCUT2D eigenvalue weighted by Gasteiger charge is -2.14. The number of carbonyl (C=O) groups is 1. The van der Waals surface area contributed by atoms with Gasteiger partial charge in [0.2, 0.25) is 0 Å². The van der Waals surface area contributed by atoms with Crippen LogP contribution < -0.4 is 0 Å². The lowest BCUT2D eigenvalue weighted by atomic mass is 10.1. The molecule has 3 heteroatoms. The number of rotatable bonds is 3. The molecule has 0 radical (unpaired) electrons. The third-order valence-corrected chi connectivity index (χ3v) is 3.24. The molecular weight excluding hydrogens is 214 g/mol. The SMILES string of the molecule is C/C(C(=O)O)=C1/CCN(Cc2ccccc2)C1. The minimum atomic E-state index is -0.790. The molecule has 3 nitrogen and oxygen atoms in total. The Balaban J connectivity index is 2.00. The number of hydrogen-bond acceptors (Lipinski definition) is 2. The first-order valence-electron chi connectivity index (χ1n) is 5.85. The van der Waals surface area contributed by atoms with Crippen molar-refractivity contribution in [3.63, 3.8) is 0 Å². The Hall–Kier alpha value is -1.61. The van der Waals surface area contributed by atoms with Crippen molar-refractivity contribution in [2.45, 2.75) is 19.9 Å². The van der Waals surface area contributed by atoms with Crippen LogP contribution in [0.2, 0.25) is 0 Å².